The van der Waals surface area contributed by atoms with Crippen LogP contribution in [0.15, 0.2) is 23.4 Å². The predicted octanol–water partition coefficient (Wildman–Crippen LogP) is 0.412. The second-order valence-electron chi connectivity index (χ2n) is 3.99. The van der Waals surface area contributed by atoms with Gasteiger partial charge in [-0.05, 0) is 30.5 Å². The quantitative estimate of drug-likeness (QED) is 0.798. The highest BCUT2D eigenvalue weighted by Gasteiger charge is 2.26. The average Bonchev–Trinajstić information content (AvgIpc) is 2.82. The van der Waals surface area contributed by atoms with Gasteiger partial charge in [0, 0.05) is 6.20 Å². The molecular formula is C11H11N2O6S. The molecule has 2 N–H and O–H groups in total. The minimum Gasteiger partial charge on any atom is -0.430 e. The Morgan fingerprint density at radius 1 is 1.55 bits per heavy atom. The average molecular weight is 299 g/mol. The topological polar surface area (TPSA) is 126 Å². The van der Waals surface area contributed by atoms with Crippen LogP contribution in [-0.4, -0.2) is 37.5 Å². The number of hydrogen-bond acceptors (Lipinski definition) is 7. The van der Waals surface area contributed by atoms with E-state index in [1.54, 1.807) is 12.5 Å². The first kappa shape index (κ1) is 14.3. The summed E-state index contributed by atoms with van der Waals surface area (Å²) < 4.78 is 32.5. The lowest BCUT2D eigenvalue weighted by atomic mass is 10.1. The zero-order chi connectivity index (χ0) is 14.8. The van der Waals surface area contributed by atoms with Crippen molar-refractivity contribution in [3.05, 3.63) is 30.3 Å². The van der Waals surface area contributed by atoms with E-state index < -0.39 is 32.4 Å². The van der Waals surface area contributed by atoms with E-state index in [0.29, 0.717) is 12.0 Å². The van der Waals surface area contributed by atoms with Gasteiger partial charge in [-0.2, -0.15) is 0 Å². The number of carbonyl (C=O) groups is 2. The molecule has 0 saturated carbocycles. The molecule has 1 aliphatic heterocycles. The van der Waals surface area contributed by atoms with Gasteiger partial charge < -0.3 is 15.2 Å². The summed E-state index contributed by atoms with van der Waals surface area (Å²) >= 11 is 0. The van der Waals surface area contributed by atoms with Crippen molar-refractivity contribution in [1.29, 1.82) is 0 Å². The first-order valence-electron chi connectivity index (χ1n) is 5.57. The van der Waals surface area contributed by atoms with Crippen LogP contribution in [-0.2, 0) is 19.3 Å². The van der Waals surface area contributed by atoms with Gasteiger partial charge in [-0.15, -0.1) is 0 Å². The lowest BCUT2D eigenvalue weighted by Gasteiger charge is -2.06. The third-order valence-electron chi connectivity index (χ3n) is 2.57. The Kier molecular flexibility index (Phi) is 3.89. The van der Waals surface area contributed by atoms with Gasteiger partial charge >= 0.3 is 11.4 Å². The Bertz CT molecular complexity index is 642. The van der Waals surface area contributed by atoms with Crippen LogP contribution in [0.5, 0.6) is 0 Å². The van der Waals surface area contributed by atoms with Gasteiger partial charge in [-0.25, -0.2) is 18.2 Å². The molecule has 1 saturated heterocycles. The largest absolute Gasteiger partial charge is 0.508 e. The van der Waals surface area contributed by atoms with Gasteiger partial charge in [0.25, 0.3) is 9.84 Å². The molecule has 0 aliphatic carbocycles. The molecule has 20 heavy (non-hydrogen) atoms. The van der Waals surface area contributed by atoms with Gasteiger partial charge in [-0.3, -0.25) is 4.79 Å². The number of rotatable bonds is 4. The van der Waals surface area contributed by atoms with E-state index in [2.05, 4.69) is 9.72 Å². The Morgan fingerprint density at radius 3 is 2.90 bits per heavy atom. The van der Waals surface area contributed by atoms with Crippen LogP contribution < -0.4 is 5.73 Å². The summed E-state index contributed by atoms with van der Waals surface area (Å²) in [7, 11) is -4.25. The molecule has 2 heterocycles. The number of ether oxygens (including phenoxy) is 2. The molecule has 1 amide bonds. The molecule has 0 spiro atoms. The highest BCUT2D eigenvalue weighted by molar-refractivity contribution is 8.05. The number of nitrogens with zero attached hydrogens (tertiary/aromatic N) is 1. The number of pyridine rings is 1. The number of hydrogen-bond donors (Lipinski definition) is 1. The van der Waals surface area contributed by atoms with Crippen LogP contribution in [0.3, 0.4) is 0 Å². The van der Waals surface area contributed by atoms with Gasteiger partial charge in [0.2, 0.25) is 0 Å². The van der Waals surface area contributed by atoms with Crippen LogP contribution in [0, 0.1) is 6.42 Å². The fraction of sp³-hybridized carbons (Fsp3) is 0.273. The van der Waals surface area contributed by atoms with Crippen LogP contribution in [0.4, 0.5) is 9.59 Å². The van der Waals surface area contributed by atoms with Crippen molar-refractivity contribution in [2.24, 2.45) is 5.73 Å². The van der Waals surface area contributed by atoms with Gasteiger partial charge in [-0.1, -0.05) is 0 Å². The van der Waals surface area contributed by atoms with Crippen molar-refractivity contribution < 1.29 is 27.5 Å². The molecule has 1 aromatic heterocycles. The molecule has 1 atom stereocenters. The van der Waals surface area contributed by atoms with Crippen molar-refractivity contribution in [3.8, 4) is 0 Å². The third kappa shape index (κ3) is 3.05. The number of cyclic esters (lactones) is 2. The van der Waals surface area contributed by atoms with E-state index in [-0.39, 0.29) is 6.61 Å². The van der Waals surface area contributed by atoms with Crippen molar-refractivity contribution in [3.63, 3.8) is 0 Å². The standard InChI is InChI=1S/C11H11N2O6S/c12-10(14)20(16,17)9-5-7(3-4-13-9)1-2-8-6-18-11(15)19-8/h1,3-5,8H,2,6H2,(H2,12,14)/t8-/m0/s1. The van der Waals surface area contributed by atoms with Crippen molar-refractivity contribution in [2.45, 2.75) is 17.6 Å². The summed E-state index contributed by atoms with van der Waals surface area (Å²) in [5.74, 6) is 0. The molecule has 2 rings (SSSR count). The summed E-state index contributed by atoms with van der Waals surface area (Å²) in [6.45, 7) is 0.146. The van der Waals surface area contributed by atoms with Gasteiger partial charge in [0.05, 0.1) is 0 Å². The van der Waals surface area contributed by atoms with E-state index in [0.717, 1.165) is 0 Å². The zero-order valence-electron chi connectivity index (χ0n) is 10.2. The molecule has 1 aliphatic rings. The second kappa shape index (κ2) is 5.45. The highest BCUT2D eigenvalue weighted by atomic mass is 32.2. The number of nitrogens with two attached hydrogens (primary N) is 1. The number of amides is 1. The van der Waals surface area contributed by atoms with Crippen molar-refractivity contribution >= 4 is 21.2 Å². The summed E-state index contributed by atoms with van der Waals surface area (Å²) in [5, 5.41) is -1.88. The van der Waals surface area contributed by atoms with Crippen LogP contribution >= 0.6 is 0 Å². The lowest BCUT2D eigenvalue weighted by Crippen LogP contribution is -2.22. The molecule has 0 bridgehead atoms. The Balaban J connectivity index is 2.07. The molecule has 0 unspecified atom stereocenters. The van der Waals surface area contributed by atoms with Crippen LogP contribution in [0.1, 0.15) is 12.0 Å². The van der Waals surface area contributed by atoms with Gasteiger partial charge in [0.15, 0.2) is 5.03 Å². The van der Waals surface area contributed by atoms with Crippen LogP contribution in [0.25, 0.3) is 0 Å². The smallest absolute Gasteiger partial charge is 0.430 e. The lowest BCUT2D eigenvalue weighted by molar-refractivity contribution is 0.118. The molecule has 8 nitrogen and oxygen atoms in total. The maximum Gasteiger partial charge on any atom is 0.508 e. The van der Waals surface area contributed by atoms with E-state index in [1.165, 1.54) is 12.3 Å². The summed E-state index contributed by atoms with van der Waals surface area (Å²) in [6, 6.07) is 2.77. The molecule has 1 radical (unpaired) electrons. The highest BCUT2D eigenvalue weighted by Crippen LogP contribution is 2.17. The first-order valence-corrected chi connectivity index (χ1v) is 7.05. The normalized spacial score (nSPS) is 18.4. The molecule has 1 aromatic rings. The Labute approximate surface area is 114 Å². The zero-order valence-corrected chi connectivity index (χ0v) is 11.0. The number of carbonyl (C=O) groups excluding carboxylic acids is 2. The predicted molar refractivity (Wildman–Crippen MR) is 65.2 cm³/mol. The molecule has 0 aromatic carbocycles. The van der Waals surface area contributed by atoms with Crippen LogP contribution in [0.2, 0.25) is 0 Å². The summed E-state index contributed by atoms with van der Waals surface area (Å²) in [4.78, 5) is 25.2. The summed E-state index contributed by atoms with van der Waals surface area (Å²) in [5.41, 5.74) is 5.31. The first-order chi connectivity index (χ1) is 9.39. The van der Waals surface area contributed by atoms with E-state index in [4.69, 9.17) is 10.5 Å². The van der Waals surface area contributed by atoms with E-state index >= 15 is 0 Å². The summed E-state index contributed by atoms with van der Waals surface area (Å²) in [6.07, 6.45) is 2.11. The molecular weight excluding hydrogens is 288 g/mol. The van der Waals surface area contributed by atoms with E-state index in [9.17, 15) is 18.0 Å². The van der Waals surface area contributed by atoms with Gasteiger partial charge in [0.1, 0.15) is 12.7 Å². The van der Waals surface area contributed by atoms with E-state index in [1.807, 2.05) is 0 Å². The monoisotopic (exact) mass is 299 g/mol. The SMILES string of the molecule is NC(=O)S(=O)(=O)c1cc([CH]C[C@H]2COC(=O)O2)ccn1. The van der Waals surface area contributed by atoms with Crippen molar-refractivity contribution in [1.82, 2.24) is 4.98 Å². The Morgan fingerprint density at radius 2 is 2.30 bits per heavy atom. The minimum atomic E-state index is -4.25. The molecule has 1 fully saturated rings. The fourth-order valence-corrected chi connectivity index (χ4v) is 2.25. The molecule has 9 heteroatoms. The number of aromatic nitrogens is 1. The maximum atomic E-state index is 11.5. The number of primary amides is 1. The fourth-order valence-electron chi connectivity index (χ4n) is 1.55. The Hall–Kier alpha value is -2.16. The van der Waals surface area contributed by atoms with Crippen molar-refractivity contribution in [2.75, 3.05) is 6.61 Å². The minimum absolute atomic E-state index is 0.146. The second-order valence-corrected chi connectivity index (χ2v) is 5.82. The maximum absolute atomic E-state index is 11.5. The molecule has 107 valence electrons. The number of sulfone groups is 1. The third-order valence-corrected chi connectivity index (χ3v) is 3.87.